The average Bonchev–Trinajstić information content (AvgIpc) is 3.06. The van der Waals surface area contributed by atoms with Crippen LogP contribution >= 0.6 is 0 Å². The molecule has 1 aromatic heterocycles. The third kappa shape index (κ3) is 5.57. The second kappa shape index (κ2) is 10.1. The van der Waals surface area contributed by atoms with Crippen molar-refractivity contribution < 1.29 is 13.2 Å². The molecule has 0 amide bonds. The lowest BCUT2D eigenvalue weighted by atomic mass is 10.0. The zero-order valence-corrected chi connectivity index (χ0v) is 19.8. The Kier molecular flexibility index (Phi) is 7.27. The molecular weight excluding hydrogens is 426 g/mol. The molecule has 174 valence electrons. The molecule has 2 fully saturated rings. The molecule has 0 spiro atoms. The first-order valence-corrected chi connectivity index (χ1v) is 13.2. The molecule has 2 aliphatic rings. The number of piperidine rings is 1. The molecule has 4 rings (SSSR count). The Bertz CT molecular complexity index is 1010. The van der Waals surface area contributed by atoms with Gasteiger partial charge in [0.15, 0.2) is 9.84 Å². The fourth-order valence-electron chi connectivity index (χ4n) is 4.78. The summed E-state index contributed by atoms with van der Waals surface area (Å²) >= 11 is 0. The van der Waals surface area contributed by atoms with Crippen LogP contribution in [0.4, 0.5) is 5.95 Å². The van der Waals surface area contributed by atoms with Crippen molar-refractivity contribution in [2.24, 2.45) is 0 Å². The van der Waals surface area contributed by atoms with Gasteiger partial charge in [-0.25, -0.2) is 13.4 Å². The number of anilines is 1. The van der Waals surface area contributed by atoms with Crippen molar-refractivity contribution in [1.82, 2.24) is 19.8 Å². The number of rotatable bonds is 6. The highest BCUT2D eigenvalue weighted by atomic mass is 32.2. The Hall–Kier alpha value is -2.23. The van der Waals surface area contributed by atoms with Gasteiger partial charge in [0.05, 0.1) is 12.0 Å². The molecule has 9 heteroatoms. The van der Waals surface area contributed by atoms with E-state index in [-0.39, 0.29) is 0 Å². The Labute approximate surface area is 191 Å². The fraction of sp³-hybridized carbons (Fsp3) is 0.565. The molecule has 0 unspecified atom stereocenters. The smallest absolute Gasteiger partial charge is 0.228 e. The van der Waals surface area contributed by atoms with Gasteiger partial charge >= 0.3 is 0 Å². The lowest BCUT2D eigenvalue weighted by Crippen LogP contribution is -2.46. The van der Waals surface area contributed by atoms with Crippen LogP contribution < -0.4 is 9.64 Å². The maximum absolute atomic E-state index is 12.1. The number of sulfone groups is 1. The van der Waals surface area contributed by atoms with E-state index < -0.39 is 9.84 Å². The molecule has 0 bridgehead atoms. The molecule has 8 nitrogen and oxygen atoms in total. The molecule has 0 atom stereocenters. The van der Waals surface area contributed by atoms with Crippen molar-refractivity contribution in [1.29, 1.82) is 0 Å². The van der Waals surface area contributed by atoms with Crippen LogP contribution in [0.25, 0.3) is 0 Å². The molecule has 2 aliphatic heterocycles. The SMILES string of the molecule is COc1ccnc(N2CCCN(C3CCN(Cc4ccccc4S(C)(=O)=O)CC3)CC2)n1. The number of hydrogen-bond donors (Lipinski definition) is 0. The van der Waals surface area contributed by atoms with Crippen LogP contribution in [0.5, 0.6) is 5.88 Å². The quantitative estimate of drug-likeness (QED) is 0.650. The summed E-state index contributed by atoms with van der Waals surface area (Å²) in [6.45, 7) is 6.62. The molecule has 2 aromatic rings. The highest BCUT2D eigenvalue weighted by molar-refractivity contribution is 7.90. The predicted octanol–water partition coefficient (Wildman–Crippen LogP) is 2.07. The first kappa shape index (κ1) is 22.9. The summed E-state index contributed by atoms with van der Waals surface area (Å²) < 4.78 is 29.5. The van der Waals surface area contributed by atoms with Crippen LogP contribution in [0.15, 0.2) is 41.4 Å². The standard InChI is InChI=1S/C23H33N5O3S/c1-31-22-8-11-24-23(25-22)28-13-5-12-27(16-17-28)20-9-14-26(15-10-20)18-19-6-3-4-7-21(19)32(2,29)30/h3-4,6-8,11,20H,5,9-10,12-18H2,1-2H3. The lowest BCUT2D eigenvalue weighted by Gasteiger charge is -2.38. The van der Waals surface area contributed by atoms with Crippen molar-refractivity contribution in [3.8, 4) is 5.88 Å². The van der Waals surface area contributed by atoms with E-state index in [4.69, 9.17) is 4.74 Å². The molecule has 32 heavy (non-hydrogen) atoms. The minimum absolute atomic E-state index is 0.453. The van der Waals surface area contributed by atoms with Gasteiger partial charge in [0.2, 0.25) is 11.8 Å². The lowest BCUT2D eigenvalue weighted by molar-refractivity contribution is 0.109. The Balaban J connectivity index is 1.31. The first-order chi connectivity index (χ1) is 15.4. The highest BCUT2D eigenvalue weighted by Crippen LogP contribution is 2.23. The van der Waals surface area contributed by atoms with Gasteiger partial charge < -0.3 is 9.64 Å². The minimum Gasteiger partial charge on any atom is -0.481 e. The number of hydrogen-bond acceptors (Lipinski definition) is 8. The van der Waals surface area contributed by atoms with Crippen molar-refractivity contribution in [2.45, 2.75) is 36.7 Å². The molecule has 3 heterocycles. The van der Waals surface area contributed by atoms with Crippen LogP contribution in [0, 0.1) is 0 Å². The molecular formula is C23H33N5O3S. The van der Waals surface area contributed by atoms with Gasteiger partial charge in [-0.3, -0.25) is 9.80 Å². The zero-order chi connectivity index (χ0) is 22.6. The summed E-state index contributed by atoms with van der Waals surface area (Å²) in [5, 5.41) is 0. The Morgan fingerprint density at radius 1 is 1.03 bits per heavy atom. The van der Waals surface area contributed by atoms with Crippen molar-refractivity contribution in [3.05, 3.63) is 42.1 Å². The summed E-state index contributed by atoms with van der Waals surface area (Å²) in [6.07, 6.45) is 6.34. The van der Waals surface area contributed by atoms with Gasteiger partial charge in [-0.05, 0) is 44.0 Å². The number of methoxy groups -OCH3 is 1. The largest absolute Gasteiger partial charge is 0.481 e. The van der Waals surface area contributed by atoms with Gasteiger partial charge in [-0.1, -0.05) is 18.2 Å². The maximum Gasteiger partial charge on any atom is 0.228 e. The molecule has 2 saturated heterocycles. The van der Waals surface area contributed by atoms with Gasteiger partial charge in [-0.15, -0.1) is 0 Å². The van der Waals surface area contributed by atoms with Crippen LogP contribution in [-0.4, -0.2) is 86.9 Å². The third-order valence-electron chi connectivity index (χ3n) is 6.48. The number of aromatic nitrogens is 2. The molecule has 0 saturated carbocycles. The van der Waals surface area contributed by atoms with Crippen LogP contribution in [0.2, 0.25) is 0 Å². The van der Waals surface area contributed by atoms with E-state index in [9.17, 15) is 8.42 Å². The van der Waals surface area contributed by atoms with Gasteiger partial charge in [-0.2, -0.15) is 4.98 Å². The maximum atomic E-state index is 12.1. The van der Waals surface area contributed by atoms with Crippen molar-refractivity contribution in [2.75, 3.05) is 57.5 Å². The number of benzene rings is 1. The van der Waals surface area contributed by atoms with E-state index >= 15 is 0 Å². The summed E-state index contributed by atoms with van der Waals surface area (Å²) in [7, 11) is -1.58. The molecule has 0 aliphatic carbocycles. The fourth-order valence-corrected chi connectivity index (χ4v) is 5.72. The topological polar surface area (TPSA) is 78.9 Å². The van der Waals surface area contributed by atoms with Crippen molar-refractivity contribution >= 4 is 15.8 Å². The van der Waals surface area contributed by atoms with Gasteiger partial charge in [0.25, 0.3) is 0 Å². The van der Waals surface area contributed by atoms with Crippen LogP contribution in [0.1, 0.15) is 24.8 Å². The second-order valence-corrected chi connectivity index (χ2v) is 10.6. The normalized spacial score (nSPS) is 19.6. The van der Waals surface area contributed by atoms with E-state index in [1.807, 2.05) is 12.1 Å². The minimum atomic E-state index is -3.21. The van der Waals surface area contributed by atoms with E-state index in [1.54, 1.807) is 31.5 Å². The van der Waals surface area contributed by atoms with Crippen LogP contribution in [0.3, 0.4) is 0 Å². The highest BCUT2D eigenvalue weighted by Gasteiger charge is 2.27. The van der Waals surface area contributed by atoms with E-state index in [2.05, 4.69) is 24.7 Å². The number of ether oxygens (including phenoxy) is 1. The van der Waals surface area contributed by atoms with Crippen LogP contribution in [-0.2, 0) is 16.4 Å². The number of nitrogens with zero attached hydrogens (tertiary/aromatic N) is 5. The van der Waals surface area contributed by atoms with E-state index in [0.29, 0.717) is 23.4 Å². The molecule has 0 radical (unpaired) electrons. The summed E-state index contributed by atoms with van der Waals surface area (Å²) in [6, 6.07) is 9.72. The Morgan fingerprint density at radius 2 is 1.81 bits per heavy atom. The van der Waals surface area contributed by atoms with Gasteiger partial charge in [0.1, 0.15) is 0 Å². The zero-order valence-electron chi connectivity index (χ0n) is 19.0. The average molecular weight is 460 g/mol. The third-order valence-corrected chi connectivity index (χ3v) is 7.68. The van der Waals surface area contributed by atoms with Crippen molar-refractivity contribution in [3.63, 3.8) is 0 Å². The van der Waals surface area contributed by atoms with E-state index in [1.165, 1.54) is 6.26 Å². The number of likely N-dealkylation sites (tertiary alicyclic amines) is 1. The predicted molar refractivity (Wildman–Crippen MR) is 125 cm³/mol. The summed E-state index contributed by atoms with van der Waals surface area (Å²) in [5.74, 6) is 1.34. The first-order valence-electron chi connectivity index (χ1n) is 11.3. The van der Waals surface area contributed by atoms with Gasteiger partial charge in [0, 0.05) is 57.3 Å². The van der Waals surface area contributed by atoms with E-state index in [0.717, 1.165) is 70.0 Å². The summed E-state index contributed by atoms with van der Waals surface area (Å²) in [5.41, 5.74) is 0.900. The monoisotopic (exact) mass is 459 g/mol. The summed E-state index contributed by atoms with van der Waals surface area (Å²) in [4.78, 5) is 16.6. The molecule has 0 N–H and O–H groups in total. The Morgan fingerprint density at radius 3 is 2.56 bits per heavy atom. The second-order valence-electron chi connectivity index (χ2n) is 8.66. The molecule has 1 aromatic carbocycles.